The minimum atomic E-state index is 0.0442. The first-order valence-electron chi connectivity index (χ1n) is 6.27. The molecule has 1 heterocycles. The van der Waals surface area contributed by atoms with E-state index in [1.807, 2.05) is 52.0 Å². The van der Waals surface area contributed by atoms with E-state index >= 15 is 0 Å². The molecular weight excluding hydrogens is 256 g/mol. The maximum atomic E-state index is 12.1. The lowest BCUT2D eigenvalue weighted by Crippen LogP contribution is -2.12. The Morgan fingerprint density at radius 2 is 1.89 bits per heavy atom. The van der Waals surface area contributed by atoms with E-state index in [0.717, 1.165) is 32.2 Å². The zero-order valence-corrected chi connectivity index (χ0v) is 12.6. The van der Waals surface area contributed by atoms with E-state index in [1.165, 1.54) is 0 Å². The Morgan fingerprint density at radius 3 is 2.53 bits per heavy atom. The monoisotopic (exact) mass is 274 g/mol. The number of carbonyl (C=O) groups is 1. The van der Waals surface area contributed by atoms with Crippen LogP contribution < -0.4 is 4.74 Å². The van der Waals surface area contributed by atoms with Gasteiger partial charge in [0, 0.05) is 15.3 Å². The Labute approximate surface area is 118 Å². The Hall–Kier alpha value is -1.61. The summed E-state index contributed by atoms with van der Waals surface area (Å²) in [6, 6.07) is 7.95. The molecule has 0 bridgehead atoms. The highest BCUT2D eigenvalue weighted by Gasteiger charge is 2.13. The molecule has 1 aromatic heterocycles. The minimum Gasteiger partial charge on any atom is -0.485 e. The van der Waals surface area contributed by atoms with Gasteiger partial charge in [0.2, 0.25) is 5.78 Å². The summed E-state index contributed by atoms with van der Waals surface area (Å²) in [6.45, 7) is 8.09. The Morgan fingerprint density at radius 1 is 1.16 bits per heavy atom. The number of ether oxygens (including phenoxy) is 1. The van der Waals surface area contributed by atoms with E-state index in [1.54, 1.807) is 11.3 Å². The van der Waals surface area contributed by atoms with Crippen molar-refractivity contribution in [3.05, 3.63) is 50.7 Å². The lowest BCUT2D eigenvalue weighted by molar-refractivity contribution is 0.0921. The van der Waals surface area contributed by atoms with Gasteiger partial charge in [0.15, 0.2) is 6.61 Å². The van der Waals surface area contributed by atoms with E-state index < -0.39 is 0 Å². The molecule has 0 atom stereocenters. The van der Waals surface area contributed by atoms with Crippen LogP contribution in [0.1, 0.15) is 31.2 Å². The molecule has 0 aliphatic rings. The van der Waals surface area contributed by atoms with E-state index in [4.69, 9.17) is 4.74 Å². The van der Waals surface area contributed by atoms with Crippen molar-refractivity contribution < 1.29 is 9.53 Å². The normalized spacial score (nSPS) is 10.5. The Kier molecular flexibility index (Phi) is 4.05. The number of benzene rings is 1. The molecule has 19 heavy (non-hydrogen) atoms. The molecule has 2 rings (SSSR count). The molecule has 0 aliphatic heterocycles. The van der Waals surface area contributed by atoms with Crippen LogP contribution in [0.25, 0.3) is 0 Å². The van der Waals surface area contributed by atoms with Gasteiger partial charge in [-0.15, -0.1) is 11.3 Å². The van der Waals surface area contributed by atoms with Gasteiger partial charge in [0.05, 0.1) is 0 Å². The highest BCUT2D eigenvalue weighted by Crippen LogP contribution is 2.22. The third-order valence-corrected chi connectivity index (χ3v) is 4.01. The fourth-order valence-electron chi connectivity index (χ4n) is 1.99. The van der Waals surface area contributed by atoms with Crippen LogP contribution in [0, 0.1) is 27.7 Å². The first-order chi connectivity index (χ1) is 8.97. The number of rotatable bonds is 4. The van der Waals surface area contributed by atoms with Gasteiger partial charge >= 0.3 is 0 Å². The van der Waals surface area contributed by atoms with Gasteiger partial charge in [-0.1, -0.05) is 12.1 Å². The van der Waals surface area contributed by atoms with E-state index in [9.17, 15) is 4.79 Å². The number of aryl methyl sites for hydroxylation is 4. The molecule has 2 aromatic rings. The first kappa shape index (κ1) is 13.8. The molecule has 0 spiro atoms. The number of Topliss-reactive ketones (excluding diaryl/α,β-unsaturated/α-hetero) is 1. The number of hydrogen-bond donors (Lipinski definition) is 0. The van der Waals surface area contributed by atoms with Gasteiger partial charge in [0.25, 0.3) is 0 Å². The SMILES string of the molecule is Cc1ccc(C)c(OCC(=O)c2cc(C)sc2C)c1. The summed E-state index contributed by atoms with van der Waals surface area (Å²) >= 11 is 1.65. The molecule has 0 amide bonds. The molecule has 100 valence electrons. The minimum absolute atomic E-state index is 0.0442. The van der Waals surface area contributed by atoms with Gasteiger partial charge in [-0.3, -0.25) is 4.79 Å². The average molecular weight is 274 g/mol. The molecule has 0 saturated heterocycles. The fraction of sp³-hybridized carbons (Fsp3) is 0.312. The third-order valence-electron chi connectivity index (χ3n) is 3.04. The molecule has 0 saturated carbocycles. The third kappa shape index (κ3) is 3.24. The molecule has 0 fully saturated rings. The summed E-state index contributed by atoms with van der Waals surface area (Å²) in [7, 11) is 0. The van der Waals surface area contributed by atoms with Crippen LogP contribution >= 0.6 is 11.3 Å². The van der Waals surface area contributed by atoms with Gasteiger partial charge in [-0.25, -0.2) is 0 Å². The van der Waals surface area contributed by atoms with E-state index in [-0.39, 0.29) is 12.4 Å². The number of carbonyl (C=O) groups excluding carboxylic acids is 1. The zero-order chi connectivity index (χ0) is 14.0. The van der Waals surface area contributed by atoms with Crippen LogP contribution in [0.5, 0.6) is 5.75 Å². The maximum Gasteiger partial charge on any atom is 0.201 e. The molecule has 0 aliphatic carbocycles. The van der Waals surface area contributed by atoms with E-state index in [0.29, 0.717) is 0 Å². The predicted molar refractivity (Wildman–Crippen MR) is 79.5 cm³/mol. The second-order valence-electron chi connectivity index (χ2n) is 4.81. The summed E-state index contributed by atoms with van der Waals surface area (Å²) in [5.41, 5.74) is 2.97. The van der Waals surface area contributed by atoms with Gasteiger partial charge in [-0.05, 0) is 51.0 Å². The van der Waals surface area contributed by atoms with Crippen molar-refractivity contribution in [2.24, 2.45) is 0 Å². The van der Waals surface area contributed by atoms with Crippen molar-refractivity contribution in [3.63, 3.8) is 0 Å². The maximum absolute atomic E-state index is 12.1. The summed E-state index contributed by atoms with van der Waals surface area (Å²) in [5, 5.41) is 0. The number of ketones is 1. The standard InChI is InChI=1S/C16H18O2S/c1-10-5-6-11(2)16(7-10)18-9-15(17)14-8-12(3)19-13(14)4/h5-8H,9H2,1-4H3. The Bertz CT molecular complexity index is 611. The quantitative estimate of drug-likeness (QED) is 0.779. The highest BCUT2D eigenvalue weighted by molar-refractivity contribution is 7.12. The molecule has 0 N–H and O–H groups in total. The van der Waals surface area contributed by atoms with E-state index in [2.05, 4.69) is 0 Å². The van der Waals surface area contributed by atoms with Gasteiger partial charge in [-0.2, -0.15) is 0 Å². The fourth-order valence-corrected chi connectivity index (χ4v) is 2.93. The molecule has 1 aromatic carbocycles. The van der Waals surface area contributed by atoms with Crippen molar-refractivity contribution in [2.45, 2.75) is 27.7 Å². The van der Waals surface area contributed by atoms with Crippen LogP contribution in [0.3, 0.4) is 0 Å². The van der Waals surface area contributed by atoms with Gasteiger partial charge in [0.1, 0.15) is 5.75 Å². The lowest BCUT2D eigenvalue weighted by atomic mass is 10.1. The van der Waals surface area contributed by atoms with Crippen molar-refractivity contribution >= 4 is 17.1 Å². The van der Waals surface area contributed by atoms with Crippen molar-refractivity contribution in [2.75, 3.05) is 6.61 Å². The lowest BCUT2D eigenvalue weighted by Gasteiger charge is -2.09. The van der Waals surface area contributed by atoms with Crippen LogP contribution in [0.2, 0.25) is 0 Å². The molecule has 0 unspecified atom stereocenters. The average Bonchev–Trinajstić information content (AvgIpc) is 2.69. The number of hydrogen-bond acceptors (Lipinski definition) is 3. The summed E-state index contributed by atoms with van der Waals surface area (Å²) < 4.78 is 5.65. The van der Waals surface area contributed by atoms with Crippen molar-refractivity contribution in [1.82, 2.24) is 0 Å². The topological polar surface area (TPSA) is 26.3 Å². The zero-order valence-electron chi connectivity index (χ0n) is 11.7. The van der Waals surface area contributed by atoms with Crippen LogP contribution in [0.4, 0.5) is 0 Å². The van der Waals surface area contributed by atoms with Gasteiger partial charge < -0.3 is 4.74 Å². The first-order valence-corrected chi connectivity index (χ1v) is 7.09. The molecule has 2 nitrogen and oxygen atoms in total. The Balaban J connectivity index is 2.08. The molecule has 0 radical (unpaired) electrons. The largest absolute Gasteiger partial charge is 0.485 e. The smallest absolute Gasteiger partial charge is 0.201 e. The van der Waals surface area contributed by atoms with Crippen molar-refractivity contribution in [1.29, 1.82) is 0 Å². The summed E-state index contributed by atoms with van der Waals surface area (Å²) in [4.78, 5) is 14.4. The predicted octanol–water partition coefficient (Wildman–Crippen LogP) is 4.24. The highest BCUT2D eigenvalue weighted by atomic mass is 32.1. The second-order valence-corrected chi connectivity index (χ2v) is 6.27. The summed E-state index contributed by atoms with van der Waals surface area (Å²) in [6.07, 6.45) is 0. The van der Waals surface area contributed by atoms with Crippen LogP contribution in [-0.4, -0.2) is 12.4 Å². The van der Waals surface area contributed by atoms with Crippen LogP contribution in [-0.2, 0) is 0 Å². The van der Waals surface area contributed by atoms with Crippen molar-refractivity contribution in [3.8, 4) is 5.75 Å². The summed E-state index contributed by atoms with van der Waals surface area (Å²) in [5.74, 6) is 0.834. The van der Waals surface area contributed by atoms with Crippen LogP contribution in [0.15, 0.2) is 24.3 Å². The molecule has 3 heteroatoms. The molecular formula is C16H18O2S. The second kappa shape index (κ2) is 5.57. The number of thiophene rings is 1.